The minimum absolute atomic E-state index is 0.398. The van der Waals surface area contributed by atoms with Gasteiger partial charge in [0.2, 0.25) is 0 Å². The van der Waals surface area contributed by atoms with Crippen molar-refractivity contribution in [2.24, 2.45) is 0 Å². The van der Waals surface area contributed by atoms with Crippen molar-refractivity contribution in [3.05, 3.63) is 203 Å². The first kappa shape index (κ1) is 27.3. The molecule has 8 rings (SSSR count). The zero-order valence-corrected chi connectivity index (χ0v) is 26.0. The quantitative estimate of drug-likeness (QED) is 0.169. The molecule has 0 saturated heterocycles. The van der Waals surface area contributed by atoms with E-state index in [4.69, 9.17) is 0 Å². The maximum Gasteiger partial charge on any atom is 0.0713 e. The molecule has 1 heterocycles. The summed E-state index contributed by atoms with van der Waals surface area (Å²) in [6, 6.07) is 53.4. The molecule has 0 amide bonds. The molecule has 0 spiro atoms. The lowest BCUT2D eigenvalue weighted by atomic mass is 9.67. The fraction of sp³-hybridized carbons (Fsp3) is 0.0455. The second kappa shape index (κ2) is 11.4. The number of thiophene rings is 1. The minimum atomic E-state index is -0.398. The van der Waals surface area contributed by atoms with Crippen molar-refractivity contribution in [1.82, 2.24) is 0 Å². The van der Waals surface area contributed by atoms with Gasteiger partial charge in [-0.2, -0.15) is 0 Å². The number of fused-ring (bicyclic) bond motifs is 6. The Bertz CT molecular complexity index is 2230. The second-order valence-electron chi connectivity index (χ2n) is 11.6. The summed E-state index contributed by atoms with van der Waals surface area (Å²) in [5, 5.41) is 2.64. The SMILES string of the molecule is C/C=C/C=C(\C=C/c1cccc(C2(c3ccccc3)c3ccccc3-c3ccccc32)c1)c1cccc2c1sc1ccccc12. The summed E-state index contributed by atoms with van der Waals surface area (Å²) in [5.41, 5.74) is 11.1. The topological polar surface area (TPSA) is 0 Å². The molecule has 0 unspecified atom stereocenters. The van der Waals surface area contributed by atoms with E-state index in [1.807, 2.05) is 11.3 Å². The Morgan fingerprint density at radius 3 is 2.02 bits per heavy atom. The van der Waals surface area contributed by atoms with Crippen LogP contribution in [0.1, 0.15) is 40.3 Å². The van der Waals surface area contributed by atoms with Crippen LogP contribution in [-0.2, 0) is 5.41 Å². The molecule has 0 aliphatic heterocycles. The molecular weight excluding hydrogens is 561 g/mol. The first-order valence-electron chi connectivity index (χ1n) is 15.6. The third-order valence-electron chi connectivity index (χ3n) is 9.12. The van der Waals surface area contributed by atoms with E-state index in [9.17, 15) is 0 Å². The summed E-state index contributed by atoms with van der Waals surface area (Å²) in [6.45, 7) is 2.07. The van der Waals surface area contributed by atoms with Gasteiger partial charge in [-0.25, -0.2) is 0 Å². The van der Waals surface area contributed by atoms with E-state index in [0.717, 1.165) is 0 Å². The number of rotatable bonds is 6. The summed E-state index contributed by atoms with van der Waals surface area (Å²) in [5.74, 6) is 0. The molecule has 45 heavy (non-hydrogen) atoms. The number of allylic oxidation sites excluding steroid dienone is 5. The third kappa shape index (κ3) is 4.43. The van der Waals surface area contributed by atoms with E-state index in [1.54, 1.807) is 0 Å². The Morgan fingerprint density at radius 1 is 0.600 bits per heavy atom. The van der Waals surface area contributed by atoms with E-state index < -0.39 is 5.41 Å². The van der Waals surface area contributed by atoms with Crippen molar-refractivity contribution in [1.29, 1.82) is 0 Å². The molecule has 0 atom stereocenters. The molecule has 0 radical (unpaired) electrons. The van der Waals surface area contributed by atoms with Crippen molar-refractivity contribution in [2.75, 3.05) is 0 Å². The molecule has 6 aromatic carbocycles. The van der Waals surface area contributed by atoms with Crippen molar-refractivity contribution < 1.29 is 0 Å². The lowest BCUT2D eigenvalue weighted by Gasteiger charge is -2.34. The third-order valence-corrected chi connectivity index (χ3v) is 10.3. The van der Waals surface area contributed by atoms with Gasteiger partial charge in [-0.15, -0.1) is 11.3 Å². The molecule has 1 aliphatic carbocycles. The van der Waals surface area contributed by atoms with Gasteiger partial charge < -0.3 is 0 Å². The summed E-state index contributed by atoms with van der Waals surface area (Å²) in [7, 11) is 0. The van der Waals surface area contributed by atoms with Gasteiger partial charge in [0.1, 0.15) is 0 Å². The van der Waals surface area contributed by atoms with Crippen LogP contribution in [0, 0.1) is 0 Å². The van der Waals surface area contributed by atoms with E-state index in [-0.39, 0.29) is 0 Å². The van der Waals surface area contributed by atoms with E-state index >= 15 is 0 Å². The number of benzene rings is 6. The van der Waals surface area contributed by atoms with E-state index in [2.05, 4.69) is 183 Å². The number of hydrogen-bond acceptors (Lipinski definition) is 1. The Hall–Kier alpha value is -5.24. The summed E-state index contributed by atoms with van der Waals surface area (Å²) < 4.78 is 2.65. The van der Waals surface area contributed by atoms with Crippen LogP contribution in [-0.4, -0.2) is 0 Å². The van der Waals surface area contributed by atoms with Crippen LogP contribution in [0.15, 0.2) is 170 Å². The first-order chi connectivity index (χ1) is 22.3. The largest absolute Gasteiger partial charge is 0.135 e. The molecule has 0 N–H and O–H groups in total. The van der Waals surface area contributed by atoms with Crippen LogP contribution >= 0.6 is 11.3 Å². The number of hydrogen-bond donors (Lipinski definition) is 0. The molecule has 1 heteroatoms. The first-order valence-corrected chi connectivity index (χ1v) is 16.4. The maximum atomic E-state index is 2.38. The fourth-order valence-electron chi connectivity index (χ4n) is 7.18. The van der Waals surface area contributed by atoms with Gasteiger partial charge in [0, 0.05) is 20.2 Å². The van der Waals surface area contributed by atoms with Crippen molar-refractivity contribution in [3.63, 3.8) is 0 Å². The standard InChI is InChI=1S/C44H32S/c1-2-3-16-32(35-23-14-24-39-38-22-9-12-27-42(38)45-43(35)39)29-28-31-15-13-19-34(30-31)44(33-17-5-4-6-18-33)40-25-10-7-20-36(40)37-21-8-11-26-41(37)44/h2-30H,1H3/b3-2+,29-28-,32-16+. The highest BCUT2D eigenvalue weighted by Crippen LogP contribution is 2.56. The van der Waals surface area contributed by atoms with Crippen molar-refractivity contribution in [3.8, 4) is 11.1 Å². The normalized spacial score (nSPS) is 14.0. The molecule has 0 bridgehead atoms. The summed E-state index contributed by atoms with van der Waals surface area (Å²) in [6.07, 6.45) is 11.0. The van der Waals surface area contributed by atoms with Crippen LogP contribution in [0.5, 0.6) is 0 Å². The molecular formula is C44H32S. The van der Waals surface area contributed by atoms with Gasteiger partial charge >= 0.3 is 0 Å². The molecule has 214 valence electrons. The van der Waals surface area contributed by atoms with Gasteiger partial charge in [-0.1, -0.05) is 170 Å². The molecule has 0 fully saturated rings. The Kier molecular flexibility index (Phi) is 6.89. The monoisotopic (exact) mass is 592 g/mol. The van der Waals surface area contributed by atoms with Gasteiger partial charge in [-0.05, 0) is 63.1 Å². The van der Waals surface area contributed by atoms with E-state index in [0.29, 0.717) is 0 Å². The average molecular weight is 593 g/mol. The zero-order valence-electron chi connectivity index (χ0n) is 25.2. The van der Waals surface area contributed by atoms with Crippen molar-refractivity contribution in [2.45, 2.75) is 12.3 Å². The van der Waals surface area contributed by atoms with Gasteiger partial charge in [0.05, 0.1) is 5.41 Å². The van der Waals surface area contributed by atoms with Crippen LogP contribution < -0.4 is 0 Å². The predicted octanol–water partition coefficient (Wildman–Crippen LogP) is 12.1. The van der Waals surface area contributed by atoms with Crippen LogP contribution in [0.25, 0.3) is 42.9 Å². The van der Waals surface area contributed by atoms with Crippen molar-refractivity contribution >= 4 is 43.2 Å². The summed E-state index contributed by atoms with van der Waals surface area (Å²) >= 11 is 1.88. The van der Waals surface area contributed by atoms with Crippen LogP contribution in [0.3, 0.4) is 0 Å². The molecule has 0 saturated carbocycles. The smallest absolute Gasteiger partial charge is 0.0713 e. The second-order valence-corrected chi connectivity index (χ2v) is 12.6. The molecule has 7 aromatic rings. The van der Waals surface area contributed by atoms with E-state index in [1.165, 1.54) is 70.3 Å². The van der Waals surface area contributed by atoms with Crippen LogP contribution in [0.4, 0.5) is 0 Å². The predicted molar refractivity (Wildman–Crippen MR) is 195 cm³/mol. The zero-order chi connectivity index (χ0) is 30.2. The lowest BCUT2D eigenvalue weighted by molar-refractivity contribution is 0.768. The Morgan fingerprint density at radius 2 is 1.24 bits per heavy atom. The van der Waals surface area contributed by atoms with Gasteiger partial charge in [0.15, 0.2) is 0 Å². The highest BCUT2D eigenvalue weighted by Gasteiger charge is 2.45. The minimum Gasteiger partial charge on any atom is -0.135 e. The average Bonchev–Trinajstić information content (AvgIpc) is 3.63. The Balaban J connectivity index is 1.28. The lowest BCUT2D eigenvalue weighted by Crippen LogP contribution is -2.28. The molecule has 0 nitrogen and oxygen atoms in total. The Labute approximate surface area is 269 Å². The highest BCUT2D eigenvalue weighted by atomic mass is 32.1. The van der Waals surface area contributed by atoms with Gasteiger partial charge in [0.25, 0.3) is 0 Å². The van der Waals surface area contributed by atoms with Gasteiger partial charge in [-0.3, -0.25) is 0 Å². The fourth-order valence-corrected chi connectivity index (χ4v) is 8.42. The summed E-state index contributed by atoms with van der Waals surface area (Å²) in [4.78, 5) is 0. The highest BCUT2D eigenvalue weighted by molar-refractivity contribution is 7.26. The maximum absolute atomic E-state index is 2.38. The molecule has 1 aliphatic rings. The van der Waals surface area contributed by atoms with Crippen LogP contribution in [0.2, 0.25) is 0 Å². The molecule has 1 aromatic heterocycles.